The number of rotatable bonds is 2. The van der Waals surface area contributed by atoms with Crippen molar-refractivity contribution in [3.05, 3.63) is 0 Å². The largest absolute Gasteiger partial charge is 0.285 e. The van der Waals surface area contributed by atoms with E-state index in [0.29, 0.717) is 0 Å². The summed E-state index contributed by atoms with van der Waals surface area (Å²) in [5.74, 6) is 0.854. The molecule has 0 bridgehead atoms. The molecule has 0 aromatic rings. The third-order valence-electron chi connectivity index (χ3n) is 4.26. The van der Waals surface area contributed by atoms with Crippen LogP contribution >= 0.6 is 0 Å². The fraction of sp³-hybridized carbons (Fsp3) is 0.923. The number of hydrogen-bond donors (Lipinski definition) is 0. The molecule has 2 nitrogen and oxygen atoms in total. The predicted molar refractivity (Wildman–Crippen MR) is 61.4 cm³/mol. The van der Waals surface area contributed by atoms with E-state index in [0.717, 1.165) is 18.4 Å². The Morgan fingerprint density at radius 1 is 1.20 bits per heavy atom. The number of nitriles is 1. The van der Waals surface area contributed by atoms with Crippen LogP contribution in [0.5, 0.6) is 0 Å². The molecule has 84 valence electrons. The Hall–Kier alpha value is -0.550. The lowest BCUT2D eigenvalue weighted by Crippen LogP contribution is -2.44. The second-order valence-corrected chi connectivity index (χ2v) is 5.05. The molecule has 2 fully saturated rings. The summed E-state index contributed by atoms with van der Waals surface area (Å²) in [5, 5.41) is 9.13. The van der Waals surface area contributed by atoms with Crippen LogP contribution in [0.2, 0.25) is 0 Å². The number of nitrogens with zero attached hydrogens (tertiary/aromatic N) is 2. The van der Waals surface area contributed by atoms with Gasteiger partial charge in [-0.15, -0.1) is 0 Å². The van der Waals surface area contributed by atoms with Gasteiger partial charge in [0, 0.05) is 6.04 Å². The first-order valence-corrected chi connectivity index (χ1v) is 6.52. The van der Waals surface area contributed by atoms with E-state index < -0.39 is 0 Å². The highest BCUT2D eigenvalue weighted by Gasteiger charge is 2.35. The lowest BCUT2D eigenvalue weighted by atomic mass is 9.81. The van der Waals surface area contributed by atoms with Gasteiger partial charge in [-0.1, -0.05) is 26.2 Å². The Balaban J connectivity index is 2.04. The summed E-state index contributed by atoms with van der Waals surface area (Å²) in [6, 6.07) is 3.42. The van der Waals surface area contributed by atoms with Gasteiger partial charge in [0.05, 0.1) is 12.1 Å². The van der Waals surface area contributed by atoms with E-state index in [2.05, 4.69) is 17.9 Å². The summed E-state index contributed by atoms with van der Waals surface area (Å²) in [6.07, 6.45) is 9.11. The van der Waals surface area contributed by atoms with Gasteiger partial charge in [0.1, 0.15) is 0 Å². The topological polar surface area (TPSA) is 27.0 Å². The molecular formula is C13H22N2. The van der Waals surface area contributed by atoms with Gasteiger partial charge in [-0.05, 0) is 38.1 Å². The summed E-state index contributed by atoms with van der Waals surface area (Å²) < 4.78 is 0. The predicted octanol–water partition coefficient (Wildman–Crippen LogP) is 2.94. The smallest absolute Gasteiger partial charge is 0.0980 e. The Labute approximate surface area is 93.3 Å². The van der Waals surface area contributed by atoms with Crippen molar-refractivity contribution in [2.75, 3.05) is 6.54 Å². The van der Waals surface area contributed by atoms with E-state index >= 15 is 0 Å². The Morgan fingerprint density at radius 2 is 2.00 bits per heavy atom. The van der Waals surface area contributed by atoms with E-state index in [-0.39, 0.29) is 6.04 Å². The molecule has 0 aromatic carbocycles. The number of hydrogen-bond acceptors (Lipinski definition) is 2. The third-order valence-corrected chi connectivity index (χ3v) is 4.26. The zero-order valence-corrected chi connectivity index (χ0v) is 9.78. The number of likely N-dealkylation sites (tertiary alicyclic amines) is 1. The Kier molecular flexibility index (Phi) is 3.64. The van der Waals surface area contributed by atoms with Crippen molar-refractivity contribution in [1.82, 2.24) is 4.90 Å². The summed E-state index contributed by atoms with van der Waals surface area (Å²) in [5.41, 5.74) is 0. The molecule has 1 aliphatic heterocycles. The molecule has 1 saturated heterocycles. The normalized spacial score (nSPS) is 37.7. The minimum atomic E-state index is 0.224. The molecule has 1 saturated carbocycles. The van der Waals surface area contributed by atoms with Gasteiger partial charge in [0.25, 0.3) is 0 Å². The molecule has 2 aliphatic rings. The van der Waals surface area contributed by atoms with Crippen LogP contribution < -0.4 is 0 Å². The van der Waals surface area contributed by atoms with Gasteiger partial charge in [-0.2, -0.15) is 5.26 Å². The van der Waals surface area contributed by atoms with E-state index in [4.69, 9.17) is 5.26 Å². The monoisotopic (exact) mass is 206 g/mol. The van der Waals surface area contributed by atoms with E-state index in [1.54, 1.807) is 0 Å². The quantitative estimate of drug-likeness (QED) is 0.694. The van der Waals surface area contributed by atoms with E-state index in [9.17, 15) is 0 Å². The maximum absolute atomic E-state index is 9.13. The minimum absolute atomic E-state index is 0.224. The molecule has 1 aliphatic carbocycles. The lowest BCUT2D eigenvalue weighted by Gasteiger charge is -2.39. The highest BCUT2D eigenvalue weighted by atomic mass is 15.2. The fourth-order valence-electron chi connectivity index (χ4n) is 3.43. The maximum Gasteiger partial charge on any atom is 0.0980 e. The van der Waals surface area contributed by atoms with Crippen molar-refractivity contribution in [2.24, 2.45) is 5.92 Å². The summed E-state index contributed by atoms with van der Waals surface area (Å²) in [7, 11) is 0. The maximum atomic E-state index is 9.13. The van der Waals surface area contributed by atoms with Crippen molar-refractivity contribution in [2.45, 2.75) is 64.0 Å². The summed E-state index contributed by atoms with van der Waals surface area (Å²) >= 11 is 0. The zero-order chi connectivity index (χ0) is 10.7. The van der Waals surface area contributed by atoms with Gasteiger partial charge in [-0.25, -0.2) is 0 Å². The van der Waals surface area contributed by atoms with Crippen LogP contribution in [-0.2, 0) is 0 Å². The molecule has 3 unspecified atom stereocenters. The molecule has 0 N–H and O–H groups in total. The molecule has 0 spiro atoms. The Bertz CT molecular complexity index is 243. The molecule has 15 heavy (non-hydrogen) atoms. The van der Waals surface area contributed by atoms with Gasteiger partial charge < -0.3 is 0 Å². The Morgan fingerprint density at radius 3 is 2.73 bits per heavy atom. The van der Waals surface area contributed by atoms with Crippen LogP contribution in [0, 0.1) is 17.2 Å². The lowest BCUT2D eigenvalue weighted by molar-refractivity contribution is 0.107. The van der Waals surface area contributed by atoms with Crippen molar-refractivity contribution in [1.29, 1.82) is 5.26 Å². The van der Waals surface area contributed by atoms with Crippen molar-refractivity contribution in [3.63, 3.8) is 0 Å². The van der Waals surface area contributed by atoms with Crippen molar-refractivity contribution < 1.29 is 0 Å². The zero-order valence-electron chi connectivity index (χ0n) is 9.78. The average Bonchev–Trinajstić information content (AvgIpc) is 2.76. The van der Waals surface area contributed by atoms with Crippen LogP contribution in [0.25, 0.3) is 0 Å². The first-order valence-electron chi connectivity index (χ1n) is 6.52. The van der Waals surface area contributed by atoms with Crippen LogP contribution in [0.4, 0.5) is 0 Å². The molecule has 0 aromatic heterocycles. The third kappa shape index (κ3) is 2.18. The first-order chi connectivity index (χ1) is 7.36. The molecule has 2 rings (SSSR count). The first kappa shape index (κ1) is 11.0. The van der Waals surface area contributed by atoms with Crippen LogP contribution in [0.1, 0.15) is 51.9 Å². The standard InChI is InChI=1S/C13H22N2/c1-2-11-6-3-4-8-13(11)15-9-5-7-12(15)10-14/h11-13H,2-9H2,1H3. The highest BCUT2D eigenvalue weighted by Crippen LogP contribution is 2.34. The molecule has 3 atom stereocenters. The van der Waals surface area contributed by atoms with E-state index in [1.165, 1.54) is 45.1 Å². The highest BCUT2D eigenvalue weighted by molar-refractivity contribution is 5.00. The van der Waals surface area contributed by atoms with Gasteiger partial charge in [0.15, 0.2) is 0 Å². The second kappa shape index (κ2) is 4.99. The average molecular weight is 206 g/mol. The molecule has 0 amide bonds. The van der Waals surface area contributed by atoms with Gasteiger partial charge in [0.2, 0.25) is 0 Å². The van der Waals surface area contributed by atoms with Crippen LogP contribution in [0.3, 0.4) is 0 Å². The summed E-state index contributed by atoms with van der Waals surface area (Å²) in [4.78, 5) is 2.51. The fourth-order valence-corrected chi connectivity index (χ4v) is 3.43. The molecule has 2 heteroatoms. The second-order valence-electron chi connectivity index (χ2n) is 5.05. The van der Waals surface area contributed by atoms with Gasteiger partial charge in [-0.3, -0.25) is 4.90 Å². The molecule has 1 heterocycles. The van der Waals surface area contributed by atoms with Crippen LogP contribution in [-0.4, -0.2) is 23.5 Å². The minimum Gasteiger partial charge on any atom is -0.285 e. The molecular weight excluding hydrogens is 184 g/mol. The van der Waals surface area contributed by atoms with E-state index in [1.807, 2.05) is 0 Å². The van der Waals surface area contributed by atoms with Crippen LogP contribution in [0.15, 0.2) is 0 Å². The molecule has 0 radical (unpaired) electrons. The van der Waals surface area contributed by atoms with Gasteiger partial charge >= 0.3 is 0 Å². The SMILES string of the molecule is CCC1CCCCC1N1CCCC1C#N. The summed E-state index contributed by atoms with van der Waals surface area (Å²) in [6.45, 7) is 3.47. The van der Waals surface area contributed by atoms with Crippen molar-refractivity contribution >= 4 is 0 Å². The van der Waals surface area contributed by atoms with Crippen molar-refractivity contribution in [3.8, 4) is 6.07 Å².